The number of aryl methyl sites for hydroxylation is 1. The molecule has 1 aromatic carbocycles. The number of fused-ring (bicyclic) bond motifs is 4. The van der Waals surface area contributed by atoms with Crippen molar-refractivity contribution in [3.05, 3.63) is 58.2 Å². The van der Waals surface area contributed by atoms with Gasteiger partial charge in [0.15, 0.2) is 0 Å². The van der Waals surface area contributed by atoms with E-state index in [1.54, 1.807) is 0 Å². The second-order valence-corrected chi connectivity index (χ2v) is 9.39. The van der Waals surface area contributed by atoms with E-state index < -0.39 is 0 Å². The molecule has 3 heterocycles. The van der Waals surface area contributed by atoms with E-state index in [1.807, 2.05) is 28.8 Å². The summed E-state index contributed by atoms with van der Waals surface area (Å²) in [6.07, 6.45) is 5.21. The van der Waals surface area contributed by atoms with Crippen LogP contribution in [0.15, 0.2) is 36.4 Å². The highest BCUT2D eigenvalue weighted by molar-refractivity contribution is 7.21. The van der Waals surface area contributed by atoms with Gasteiger partial charge in [-0.2, -0.15) is 0 Å². The maximum absolute atomic E-state index is 13.7. The van der Waals surface area contributed by atoms with Crippen molar-refractivity contribution in [2.45, 2.75) is 46.0 Å². The smallest absolute Gasteiger partial charge is 0.274 e. The Morgan fingerprint density at radius 2 is 1.93 bits per heavy atom. The lowest BCUT2D eigenvalue weighted by Gasteiger charge is -2.14. The van der Waals surface area contributed by atoms with E-state index in [0.29, 0.717) is 16.5 Å². The third-order valence-electron chi connectivity index (χ3n) is 5.84. The average molecular weight is 404 g/mol. The van der Waals surface area contributed by atoms with Gasteiger partial charge in [0.1, 0.15) is 9.71 Å². The molecule has 0 atom stereocenters. The number of carbonyl (C=O) groups is 1. The standard InChI is InChI=1S/C24H25N3OS/c1-14(2)13-15-11-12-18-21(25)22(29-23(18)26-15)24(28)27-19-9-5-3-7-16(19)17-8-4-6-10-20(17)27/h3,5,7,9,11-12,14H,4,6,8,10,13,25H2,1-2H3. The third kappa shape index (κ3) is 2.96. The number of nitrogens with zero attached hydrogens (tertiary/aromatic N) is 2. The Hall–Kier alpha value is -2.66. The number of para-hydroxylation sites is 1. The van der Waals surface area contributed by atoms with Crippen LogP contribution in [0.1, 0.15) is 53.3 Å². The lowest BCUT2D eigenvalue weighted by atomic mass is 9.95. The van der Waals surface area contributed by atoms with E-state index in [0.717, 1.165) is 52.8 Å². The fourth-order valence-corrected chi connectivity index (χ4v) is 5.60. The van der Waals surface area contributed by atoms with Gasteiger partial charge >= 0.3 is 0 Å². The summed E-state index contributed by atoms with van der Waals surface area (Å²) in [6, 6.07) is 12.3. The number of nitrogens with two attached hydrogens (primary N) is 1. The maximum Gasteiger partial charge on any atom is 0.274 e. The topological polar surface area (TPSA) is 60.9 Å². The largest absolute Gasteiger partial charge is 0.397 e. The number of benzene rings is 1. The van der Waals surface area contributed by atoms with Crippen molar-refractivity contribution >= 4 is 44.1 Å². The molecular weight excluding hydrogens is 378 g/mol. The Bertz CT molecular complexity index is 1250. The first-order valence-electron chi connectivity index (χ1n) is 10.4. The van der Waals surface area contributed by atoms with Crippen molar-refractivity contribution in [1.82, 2.24) is 9.55 Å². The fraction of sp³-hybridized carbons (Fsp3) is 0.333. The summed E-state index contributed by atoms with van der Waals surface area (Å²) >= 11 is 1.42. The van der Waals surface area contributed by atoms with Crippen molar-refractivity contribution in [2.24, 2.45) is 5.92 Å². The van der Waals surface area contributed by atoms with Gasteiger partial charge in [0.25, 0.3) is 5.91 Å². The van der Waals surface area contributed by atoms with Gasteiger partial charge in [-0.05, 0) is 61.8 Å². The van der Waals surface area contributed by atoms with Gasteiger partial charge in [-0.15, -0.1) is 11.3 Å². The summed E-state index contributed by atoms with van der Waals surface area (Å²) in [7, 11) is 0. The number of anilines is 1. The summed E-state index contributed by atoms with van der Waals surface area (Å²) in [5.41, 5.74) is 11.5. The quantitative estimate of drug-likeness (QED) is 0.484. The normalized spacial score (nSPS) is 14.0. The van der Waals surface area contributed by atoms with Gasteiger partial charge in [-0.3, -0.25) is 9.36 Å². The molecule has 4 aromatic rings. The molecule has 0 saturated heterocycles. The summed E-state index contributed by atoms with van der Waals surface area (Å²) in [6.45, 7) is 4.37. The molecule has 29 heavy (non-hydrogen) atoms. The second kappa shape index (κ2) is 6.99. The molecule has 4 nitrogen and oxygen atoms in total. The van der Waals surface area contributed by atoms with E-state index in [2.05, 4.69) is 26.0 Å². The number of pyridine rings is 1. The van der Waals surface area contributed by atoms with Crippen LogP contribution < -0.4 is 5.73 Å². The van der Waals surface area contributed by atoms with Gasteiger partial charge in [0.2, 0.25) is 0 Å². The molecule has 3 aromatic heterocycles. The zero-order valence-electron chi connectivity index (χ0n) is 16.9. The molecule has 0 spiro atoms. The molecule has 148 valence electrons. The van der Waals surface area contributed by atoms with Crippen molar-refractivity contribution in [1.29, 1.82) is 0 Å². The van der Waals surface area contributed by atoms with Gasteiger partial charge in [0, 0.05) is 22.2 Å². The number of carbonyl (C=O) groups excluding carboxylic acids is 1. The molecule has 0 fully saturated rings. The molecule has 0 amide bonds. The number of aromatic nitrogens is 2. The molecular formula is C24H25N3OS. The van der Waals surface area contributed by atoms with Crippen molar-refractivity contribution in [3.63, 3.8) is 0 Å². The highest BCUT2D eigenvalue weighted by Crippen LogP contribution is 2.37. The number of thiophene rings is 1. The van der Waals surface area contributed by atoms with Crippen LogP contribution in [0, 0.1) is 5.92 Å². The molecule has 2 N–H and O–H groups in total. The Morgan fingerprint density at radius 3 is 2.76 bits per heavy atom. The zero-order chi connectivity index (χ0) is 20.1. The van der Waals surface area contributed by atoms with Crippen LogP contribution >= 0.6 is 11.3 Å². The number of hydrogen-bond donors (Lipinski definition) is 1. The summed E-state index contributed by atoms with van der Waals surface area (Å²) in [5.74, 6) is 0.520. The first kappa shape index (κ1) is 18.4. The van der Waals surface area contributed by atoms with Crippen LogP contribution in [0.2, 0.25) is 0 Å². The van der Waals surface area contributed by atoms with Gasteiger partial charge in [-0.25, -0.2) is 4.98 Å². The predicted octanol–water partition coefficient (Wildman–Crippen LogP) is 5.60. The van der Waals surface area contributed by atoms with Gasteiger partial charge in [-0.1, -0.05) is 32.0 Å². The van der Waals surface area contributed by atoms with E-state index in [9.17, 15) is 4.79 Å². The summed E-state index contributed by atoms with van der Waals surface area (Å²) in [4.78, 5) is 20.0. The number of nitrogen functional groups attached to an aromatic ring is 1. The zero-order valence-corrected chi connectivity index (χ0v) is 17.7. The molecule has 0 aliphatic heterocycles. The van der Waals surface area contributed by atoms with Crippen LogP contribution in [0.4, 0.5) is 5.69 Å². The molecule has 0 radical (unpaired) electrons. The lowest BCUT2D eigenvalue weighted by molar-refractivity contribution is 0.0966. The molecule has 5 heteroatoms. The Labute approximate surface area is 174 Å². The number of hydrogen-bond acceptors (Lipinski definition) is 4. The van der Waals surface area contributed by atoms with E-state index in [1.165, 1.54) is 28.7 Å². The first-order chi connectivity index (χ1) is 14.0. The van der Waals surface area contributed by atoms with E-state index in [4.69, 9.17) is 10.7 Å². The molecule has 5 rings (SSSR count). The van der Waals surface area contributed by atoms with Crippen LogP contribution in [0.25, 0.3) is 21.1 Å². The van der Waals surface area contributed by atoms with Gasteiger partial charge < -0.3 is 5.73 Å². The van der Waals surface area contributed by atoms with Crippen molar-refractivity contribution < 1.29 is 4.79 Å². The van der Waals surface area contributed by atoms with Gasteiger partial charge in [0.05, 0.1) is 11.2 Å². The molecule has 1 aliphatic carbocycles. The number of rotatable bonds is 3. The SMILES string of the molecule is CC(C)Cc1ccc2c(N)c(C(=O)n3c4c(c5ccccc53)CCCC4)sc2n1. The van der Waals surface area contributed by atoms with Crippen molar-refractivity contribution in [3.8, 4) is 0 Å². The molecule has 1 aliphatic rings. The highest BCUT2D eigenvalue weighted by atomic mass is 32.1. The minimum Gasteiger partial charge on any atom is -0.397 e. The Kier molecular flexibility index (Phi) is 4.43. The summed E-state index contributed by atoms with van der Waals surface area (Å²) in [5, 5.41) is 2.09. The van der Waals surface area contributed by atoms with Crippen LogP contribution in [0.3, 0.4) is 0 Å². The molecule has 0 unspecified atom stereocenters. The van der Waals surface area contributed by atoms with E-state index >= 15 is 0 Å². The monoisotopic (exact) mass is 403 g/mol. The van der Waals surface area contributed by atoms with Crippen molar-refractivity contribution in [2.75, 3.05) is 5.73 Å². The predicted molar refractivity (Wildman–Crippen MR) is 121 cm³/mol. The minimum atomic E-state index is -0.0183. The Morgan fingerprint density at radius 1 is 1.14 bits per heavy atom. The summed E-state index contributed by atoms with van der Waals surface area (Å²) < 4.78 is 1.92. The minimum absolute atomic E-state index is 0.0183. The lowest BCUT2D eigenvalue weighted by Crippen LogP contribution is -2.17. The fourth-order valence-electron chi connectivity index (χ4n) is 4.56. The van der Waals surface area contributed by atoms with Crippen LogP contribution in [-0.4, -0.2) is 15.5 Å². The third-order valence-corrected chi connectivity index (χ3v) is 6.95. The molecule has 0 saturated carbocycles. The Balaban J connectivity index is 1.66. The maximum atomic E-state index is 13.7. The van der Waals surface area contributed by atoms with Crippen LogP contribution in [0.5, 0.6) is 0 Å². The molecule has 0 bridgehead atoms. The highest BCUT2D eigenvalue weighted by Gasteiger charge is 2.26. The first-order valence-corrected chi connectivity index (χ1v) is 11.2. The average Bonchev–Trinajstić information content (AvgIpc) is 3.22. The van der Waals surface area contributed by atoms with E-state index in [-0.39, 0.29) is 5.91 Å². The van der Waals surface area contributed by atoms with Crippen LogP contribution in [-0.2, 0) is 19.3 Å². The second-order valence-electron chi connectivity index (χ2n) is 8.39.